The first kappa shape index (κ1) is 24.1. The number of unbranched alkanes of at least 4 members (excludes halogenated alkanes) is 3. The molecule has 0 spiro atoms. The third-order valence-electron chi connectivity index (χ3n) is 7.15. The highest BCUT2D eigenvalue weighted by Crippen LogP contribution is 2.43. The molecule has 2 aliphatic rings. The van der Waals surface area contributed by atoms with Crippen molar-refractivity contribution in [2.24, 2.45) is 11.7 Å². The molecule has 164 valence electrons. The van der Waals surface area contributed by atoms with Crippen molar-refractivity contribution >= 4 is 0 Å². The molecule has 4 N–H and O–H groups in total. The summed E-state index contributed by atoms with van der Waals surface area (Å²) in [5.41, 5.74) is 0.298. The average molecular weight is 393 g/mol. The van der Waals surface area contributed by atoms with Crippen LogP contribution >= 0.6 is 0 Å². The van der Waals surface area contributed by atoms with Crippen LogP contribution in [0.5, 0.6) is 0 Å². The number of hydrogen-bond acceptors (Lipinski definition) is 4. The largest absolute Gasteiger partial charge is 0.268 e. The first-order chi connectivity index (χ1) is 12.7. The molecular weight excluding hydrogens is 344 g/mol. The molecule has 0 aliphatic carbocycles. The van der Waals surface area contributed by atoms with Gasteiger partial charge >= 0.3 is 0 Å². The zero-order chi connectivity index (χ0) is 21.4. The SMILES string of the molecule is CC1(C)C[C](CCCCCC[C]2CC(C)(C)N(N)C(C)(C)C2)CC(C)(C)N1N. The molecule has 0 aromatic rings. The van der Waals surface area contributed by atoms with Crippen LogP contribution in [0.15, 0.2) is 0 Å². The van der Waals surface area contributed by atoms with E-state index >= 15 is 0 Å². The van der Waals surface area contributed by atoms with Crippen LogP contribution in [0.25, 0.3) is 0 Å². The van der Waals surface area contributed by atoms with Crippen molar-refractivity contribution < 1.29 is 0 Å². The Morgan fingerprint density at radius 2 is 0.786 bits per heavy atom. The van der Waals surface area contributed by atoms with Crippen LogP contribution in [0.4, 0.5) is 0 Å². The van der Waals surface area contributed by atoms with Gasteiger partial charge in [0.25, 0.3) is 0 Å². The Balaban J connectivity index is 1.67. The Hall–Kier alpha value is -0.160. The van der Waals surface area contributed by atoms with E-state index in [1.165, 1.54) is 38.5 Å². The van der Waals surface area contributed by atoms with Gasteiger partial charge in [-0.25, -0.2) is 10.0 Å². The third kappa shape index (κ3) is 5.71. The number of piperidine rings is 2. The number of rotatable bonds is 7. The fourth-order valence-corrected chi connectivity index (χ4v) is 6.01. The Morgan fingerprint density at radius 1 is 0.536 bits per heavy atom. The molecule has 2 heterocycles. The van der Waals surface area contributed by atoms with Crippen LogP contribution in [-0.2, 0) is 0 Å². The van der Waals surface area contributed by atoms with E-state index in [-0.39, 0.29) is 22.2 Å². The molecule has 0 atom stereocenters. The summed E-state index contributed by atoms with van der Waals surface area (Å²) in [6.45, 7) is 18.2. The van der Waals surface area contributed by atoms with Crippen LogP contribution in [0.3, 0.4) is 0 Å². The lowest BCUT2D eigenvalue weighted by Gasteiger charge is -2.53. The summed E-state index contributed by atoms with van der Waals surface area (Å²) >= 11 is 0. The maximum absolute atomic E-state index is 6.37. The first-order valence-electron chi connectivity index (χ1n) is 11.4. The molecule has 0 aromatic carbocycles. The average Bonchev–Trinajstić information content (AvgIpc) is 2.52. The Morgan fingerprint density at radius 3 is 1.04 bits per heavy atom. The van der Waals surface area contributed by atoms with Gasteiger partial charge in [0.1, 0.15) is 0 Å². The van der Waals surface area contributed by atoms with Crippen LogP contribution in [0, 0.1) is 11.8 Å². The van der Waals surface area contributed by atoms with E-state index in [1.807, 2.05) is 0 Å². The van der Waals surface area contributed by atoms with Crippen molar-refractivity contribution in [2.45, 2.75) is 142 Å². The second-order valence-electron chi connectivity index (χ2n) is 12.1. The van der Waals surface area contributed by atoms with Crippen LogP contribution < -0.4 is 11.7 Å². The van der Waals surface area contributed by atoms with E-state index in [2.05, 4.69) is 65.4 Å². The standard InChI is InChI=1S/C24H48N4/c1-21(2)15-19(16-22(3,4)27(21)25)13-11-9-10-12-14-20-17-23(5,6)28(26)24(7,8)18-20/h9-18,25-26H2,1-8H3. The minimum Gasteiger partial charge on any atom is -0.268 e. The molecule has 4 nitrogen and oxygen atoms in total. The van der Waals surface area contributed by atoms with Gasteiger partial charge in [-0.2, -0.15) is 0 Å². The smallest absolute Gasteiger partial charge is 0.0307 e. The molecule has 0 bridgehead atoms. The number of hydrogen-bond donors (Lipinski definition) is 2. The topological polar surface area (TPSA) is 58.5 Å². The van der Waals surface area contributed by atoms with Gasteiger partial charge in [-0.3, -0.25) is 11.7 Å². The third-order valence-corrected chi connectivity index (χ3v) is 7.15. The monoisotopic (exact) mass is 392 g/mol. The summed E-state index contributed by atoms with van der Waals surface area (Å²) in [5.74, 6) is 16.2. The highest BCUT2D eigenvalue weighted by atomic mass is 15.5. The minimum atomic E-state index is 0.0746. The Bertz CT molecular complexity index is 427. The normalized spacial score (nSPS) is 28.5. The fraction of sp³-hybridized carbons (Fsp3) is 0.917. The van der Waals surface area contributed by atoms with Gasteiger partial charge in [-0.15, -0.1) is 0 Å². The van der Waals surface area contributed by atoms with E-state index in [0.29, 0.717) is 0 Å². The molecule has 2 fully saturated rings. The van der Waals surface area contributed by atoms with Crippen molar-refractivity contribution in [3.63, 3.8) is 0 Å². The fourth-order valence-electron chi connectivity index (χ4n) is 6.01. The van der Waals surface area contributed by atoms with Gasteiger partial charge in [0, 0.05) is 22.2 Å². The maximum atomic E-state index is 6.37. The van der Waals surface area contributed by atoms with E-state index in [9.17, 15) is 0 Å². The Kier molecular flexibility index (Phi) is 7.34. The second kappa shape index (κ2) is 8.53. The minimum absolute atomic E-state index is 0.0746. The molecule has 4 heteroatoms. The number of nitrogens with zero attached hydrogens (tertiary/aromatic N) is 2. The van der Waals surface area contributed by atoms with Gasteiger partial charge in [0.15, 0.2) is 0 Å². The first-order valence-corrected chi connectivity index (χ1v) is 11.4. The molecule has 0 aromatic heterocycles. The summed E-state index contributed by atoms with van der Waals surface area (Å²) in [4.78, 5) is 0. The quantitative estimate of drug-likeness (QED) is 0.442. The van der Waals surface area contributed by atoms with Crippen molar-refractivity contribution in [3.05, 3.63) is 11.8 Å². The van der Waals surface area contributed by atoms with Crippen LogP contribution in [-0.4, -0.2) is 32.2 Å². The highest BCUT2D eigenvalue weighted by molar-refractivity contribution is 5.11. The molecule has 0 saturated carbocycles. The van der Waals surface area contributed by atoms with Gasteiger partial charge in [0.05, 0.1) is 0 Å². The summed E-state index contributed by atoms with van der Waals surface area (Å²) in [6.07, 6.45) is 12.5. The van der Waals surface area contributed by atoms with Gasteiger partial charge in [-0.1, -0.05) is 25.7 Å². The molecule has 0 unspecified atom stereocenters. The predicted molar refractivity (Wildman–Crippen MR) is 121 cm³/mol. The molecule has 28 heavy (non-hydrogen) atoms. The molecule has 2 rings (SSSR count). The van der Waals surface area contributed by atoms with Crippen molar-refractivity contribution in [2.75, 3.05) is 0 Å². The van der Waals surface area contributed by atoms with Crippen molar-refractivity contribution in [3.8, 4) is 0 Å². The van der Waals surface area contributed by atoms with Crippen LogP contribution in [0.2, 0.25) is 0 Å². The summed E-state index contributed by atoms with van der Waals surface area (Å²) < 4.78 is 0. The van der Waals surface area contributed by atoms with E-state index < -0.39 is 0 Å². The second-order valence-corrected chi connectivity index (χ2v) is 12.1. The van der Waals surface area contributed by atoms with Gasteiger partial charge in [0.2, 0.25) is 0 Å². The molecule has 0 amide bonds. The zero-order valence-corrected chi connectivity index (χ0v) is 20.1. The van der Waals surface area contributed by atoms with Gasteiger partial charge < -0.3 is 0 Å². The highest BCUT2D eigenvalue weighted by Gasteiger charge is 2.44. The van der Waals surface area contributed by atoms with E-state index in [1.54, 1.807) is 11.8 Å². The predicted octanol–water partition coefficient (Wildman–Crippen LogP) is 5.53. The van der Waals surface area contributed by atoms with Crippen molar-refractivity contribution in [1.29, 1.82) is 0 Å². The molecular formula is C24H48N4. The van der Waals surface area contributed by atoms with Gasteiger partial charge in [-0.05, 0) is 106 Å². The van der Waals surface area contributed by atoms with Crippen molar-refractivity contribution in [1.82, 2.24) is 10.0 Å². The lowest BCUT2D eigenvalue weighted by atomic mass is 9.73. The number of nitrogens with two attached hydrogens (primary N) is 2. The maximum Gasteiger partial charge on any atom is 0.0307 e. The van der Waals surface area contributed by atoms with E-state index in [0.717, 1.165) is 25.7 Å². The molecule has 2 saturated heterocycles. The number of hydrazine groups is 2. The lowest BCUT2D eigenvalue weighted by molar-refractivity contribution is -0.0205. The van der Waals surface area contributed by atoms with E-state index in [4.69, 9.17) is 11.7 Å². The lowest BCUT2D eigenvalue weighted by Crippen LogP contribution is -2.63. The summed E-state index contributed by atoms with van der Waals surface area (Å²) in [5, 5.41) is 4.16. The molecule has 2 radical (unpaired) electrons. The molecule has 2 aliphatic heterocycles. The Labute approximate surface area is 175 Å². The summed E-state index contributed by atoms with van der Waals surface area (Å²) in [7, 11) is 0. The zero-order valence-electron chi connectivity index (χ0n) is 20.1. The van der Waals surface area contributed by atoms with Crippen LogP contribution in [0.1, 0.15) is 120 Å². The summed E-state index contributed by atoms with van der Waals surface area (Å²) in [6, 6.07) is 0.